The van der Waals surface area contributed by atoms with Gasteiger partial charge in [-0.3, -0.25) is 0 Å². The molecule has 0 heterocycles. The second-order valence-electron chi connectivity index (χ2n) is 5.42. The molecule has 1 rings (SSSR count). The van der Waals surface area contributed by atoms with Gasteiger partial charge in [0.25, 0.3) is 0 Å². The summed E-state index contributed by atoms with van der Waals surface area (Å²) in [5.41, 5.74) is 2.59. The lowest BCUT2D eigenvalue weighted by Gasteiger charge is -2.19. The van der Waals surface area contributed by atoms with E-state index in [1.807, 2.05) is 7.05 Å². The Balaban J connectivity index is 2.66. The van der Waals surface area contributed by atoms with Crippen molar-refractivity contribution in [3.05, 3.63) is 29.3 Å². The number of hydrogen-bond acceptors (Lipinski definition) is 3. The van der Waals surface area contributed by atoms with Crippen LogP contribution >= 0.6 is 0 Å². The van der Waals surface area contributed by atoms with E-state index >= 15 is 0 Å². The molecule has 1 aromatic rings. The van der Waals surface area contributed by atoms with Gasteiger partial charge in [-0.15, -0.1) is 0 Å². The Bertz CT molecular complexity index is 377. The van der Waals surface area contributed by atoms with Crippen LogP contribution in [0.25, 0.3) is 0 Å². The highest BCUT2D eigenvalue weighted by Gasteiger charge is 2.09. The number of nitrogens with zero attached hydrogens (tertiary/aromatic N) is 1. The minimum Gasteiger partial charge on any atom is -0.496 e. The summed E-state index contributed by atoms with van der Waals surface area (Å²) in [6.07, 6.45) is 1.17. The van der Waals surface area contributed by atoms with Crippen molar-refractivity contribution >= 4 is 0 Å². The first-order valence-electron chi connectivity index (χ1n) is 7.08. The van der Waals surface area contributed by atoms with E-state index in [0.29, 0.717) is 5.92 Å². The summed E-state index contributed by atoms with van der Waals surface area (Å²) in [5, 5.41) is 3.18. The summed E-state index contributed by atoms with van der Waals surface area (Å²) in [7, 11) is 5.91. The molecule has 3 nitrogen and oxygen atoms in total. The van der Waals surface area contributed by atoms with Crippen molar-refractivity contribution in [3.63, 3.8) is 0 Å². The van der Waals surface area contributed by atoms with Gasteiger partial charge in [-0.05, 0) is 51.2 Å². The first-order chi connectivity index (χ1) is 9.08. The van der Waals surface area contributed by atoms with Gasteiger partial charge < -0.3 is 15.0 Å². The van der Waals surface area contributed by atoms with Crippen LogP contribution in [-0.4, -0.2) is 39.2 Å². The molecule has 0 fully saturated rings. The second-order valence-corrected chi connectivity index (χ2v) is 5.42. The van der Waals surface area contributed by atoms with Gasteiger partial charge in [0.2, 0.25) is 0 Å². The van der Waals surface area contributed by atoms with Crippen LogP contribution in [-0.2, 0) is 6.54 Å². The third-order valence-corrected chi connectivity index (χ3v) is 3.38. The number of benzene rings is 1. The largest absolute Gasteiger partial charge is 0.496 e. The molecule has 0 aromatic heterocycles. The third kappa shape index (κ3) is 5.21. The molecule has 1 N–H and O–H groups in total. The smallest absolute Gasteiger partial charge is 0.123 e. The number of rotatable bonds is 8. The number of nitrogens with one attached hydrogen (secondary N) is 1. The van der Waals surface area contributed by atoms with Crippen molar-refractivity contribution < 1.29 is 4.74 Å². The lowest BCUT2D eigenvalue weighted by molar-refractivity contribution is 0.312. The molecule has 19 heavy (non-hydrogen) atoms. The van der Waals surface area contributed by atoms with E-state index in [2.05, 4.69) is 49.3 Å². The van der Waals surface area contributed by atoms with Gasteiger partial charge >= 0.3 is 0 Å². The molecule has 0 saturated carbocycles. The lowest BCUT2D eigenvalue weighted by atomic mass is 10.0. The Morgan fingerprint density at radius 1 is 1.32 bits per heavy atom. The highest BCUT2D eigenvalue weighted by atomic mass is 16.5. The lowest BCUT2D eigenvalue weighted by Crippen LogP contribution is -2.22. The Hall–Kier alpha value is -1.06. The molecular formula is C16H28N2O. The van der Waals surface area contributed by atoms with Crippen LogP contribution in [0.1, 0.15) is 37.3 Å². The molecule has 0 aliphatic heterocycles. The van der Waals surface area contributed by atoms with Gasteiger partial charge in [0.05, 0.1) is 7.11 Å². The summed E-state index contributed by atoms with van der Waals surface area (Å²) in [5.74, 6) is 1.54. The topological polar surface area (TPSA) is 24.5 Å². The molecule has 1 aromatic carbocycles. The van der Waals surface area contributed by atoms with Crippen molar-refractivity contribution in [1.82, 2.24) is 10.2 Å². The number of methoxy groups -OCH3 is 1. The minimum absolute atomic E-state index is 0.538. The fourth-order valence-electron chi connectivity index (χ4n) is 2.15. The molecule has 0 aliphatic rings. The van der Waals surface area contributed by atoms with Gasteiger partial charge in [-0.1, -0.05) is 26.0 Å². The fraction of sp³-hybridized carbons (Fsp3) is 0.625. The van der Waals surface area contributed by atoms with Crippen molar-refractivity contribution in [2.24, 2.45) is 0 Å². The average molecular weight is 264 g/mol. The Morgan fingerprint density at radius 2 is 2.05 bits per heavy atom. The van der Waals surface area contributed by atoms with Crippen molar-refractivity contribution in [2.75, 3.05) is 34.3 Å². The highest BCUT2D eigenvalue weighted by molar-refractivity contribution is 5.38. The van der Waals surface area contributed by atoms with E-state index in [9.17, 15) is 0 Å². The standard InChI is InChI=1S/C16H28N2O/c1-13(2)14-7-8-15(16(11-14)19-5)12-18(4)10-6-9-17-3/h7-8,11,13,17H,6,9-10,12H2,1-5H3. The van der Waals surface area contributed by atoms with E-state index in [4.69, 9.17) is 4.74 Å². The molecule has 0 amide bonds. The molecule has 0 spiro atoms. The zero-order valence-corrected chi connectivity index (χ0v) is 13.0. The summed E-state index contributed by atoms with van der Waals surface area (Å²) >= 11 is 0. The normalized spacial score (nSPS) is 11.3. The predicted molar refractivity (Wildman–Crippen MR) is 82.0 cm³/mol. The summed E-state index contributed by atoms with van der Waals surface area (Å²) < 4.78 is 5.52. The molecule has 0 unspecified atom stereocenters. The van der Waals surface area contributed by atoms with Crippen molar-refractivity contribution in [2.45, 2.75) is 32.7 Å². The summed E-state index contributed by atoms with van der Waals surface area (Å²) in [6.45, 7) is 7.51. The molecule has 0 atom stereocenters. The predicted octanol–water partition coefficient (Wildman–Crippen LogP) is 2.86. The maximum atomic E-state index is 5.52. The molecule has 0 aliphatic carbocycles. The van der Waals surface area contributed by atoms with Gasteiger partial charge in [-0.25, -0.2) is 0 Å². The van der Waals surface area contributed by atoms with Crippen LogP contribution in [0.5, 0.6) is 5.75 Å². The van der Waals surface area contributed by atoms with Crippen LogP contribution in [0.15, 0.2) is 18.2 Å². The zero-order chi connectivity index (χ0) is 14.3. The Kier molecular flexibility index (Phi) is 6.89. The second kappa shape index (κ2) is 8.18. The molecule has 0 saturated heterocycles. The average Bonchev–Trinajstić information content (AvgIpc) is 2.39. The third-order valence-electron chi connectivity index (χ3n) is 3.38. The van der Waals surface area contributed by atoms with E-state index in [1.165, 1.54) is 17.5 Å². The monoisotopic (exact) mass is 264 g/mol. The number of hydrogen-bond donors (Lipinski definition) is 1. The summed E-state index contributed by atoms with van der Waals surface area (Å²) in [6, 6.07) is 6.58. The van der Waals surface area contributed by atoms with Gasteiger partial charge in [0, 0.05) is 12.1 Å². The maximum absolute atomic E-state index is 5.52. The first kappa shape index (κ1) is 16.0. The van der Waals surface area contributed by atoms with Crippen LogP contribution in [0.2, 0.25) is 0 Å². The van der Waals surface area contributed by atoms with E-state index < -0.39 is 0 Å². The van der Waals surface area contributed by atoms with E-state index in [1.54, 1.807) is 7.11 Å². The first-order valence-corrected chi connectivity index (χ1v) is 7.08. The van der Waals surface area contributed by atoms with Gasteiger partial charge in [0.1, 0.15) is 5.75 Å². The van der Waals surface area contributed by atoms with Crippen LogP contribution in [0.3, 0.4) is 0 Å². The van der Waals surface area contributed by atoms with Crippen molar-refractivity contribution in [1.29, 1.82) is 0 Å². The molecule has 0 radical (unpaired) electrons. The van der Waals surface area contributed by atoms with E-state index in [0.717, 1.165) is 25.4 Å². The van der Waals surface area contributed by atoms with Crippen molar-refractivity contribution in [3.8, 4) is 5.75 Å². The fourth-order valence-corrected chi connectivity index (χ4v) is 2.15. The Labute approximate surface area is 118 Å². The highest BCUT2D eigenvalue weighted by Crippen LogP contribution is 2.25. The van der Waals surface area contributed by atoms with Gasteiger partial charge in [0.15, 0.2) is 0 Å². The molecule has 3 heteroatoms. The molecular weight excluding hydrogens is 236 g/mol. The summed E-state index contributed by atoms with van der Waals surface area (Å²) in [4.78, 5) is 2.34. The molecule has 0 bridgehead atoms. The quantitative estimate of drug-likeness (QED) is 0.731. The van der Waals surface area contributed by atoms with Crippen LogP contribution in [0.4, 0.5) is 0 Å². The molecule has 108 valence electrons. The minimum atomic E-state index is 0.538. The van der Waals surface area contributed by atoms with Crippen LogP contribution in [0, 0.1) is 0 Å². The SMILES string of the molecule is CNCCCN(C)Cc1ccc(C(C)C)cc1OC. The Morgan fingerprint density at radius 3 is 2.63 bits per heavy atom. The maximum Gasteiger partial charge on any atom is 0.123 e. The zero-order valence-electron chi connectivity index (χ0n) is 13.0. The van der Waals surface area contributed by atoms with Gasteiger partial charge in [-0.2, -0.15) is 0 Å². The van der Waals surface area contributed by atoms with Crippen LogP contribution < -0.4 is 10.1 Å². The van der Waals surface area contributed by atoms with E-state index in [-0.39, 0.29) is 0 Å². The number of ether oxygens (including phenoxy) is 1.